The van der Waals surface area contributed by atoms with E-state index in [0.717, 1.165) is 13.0 Å². The van der Waals surface area contributed by atoms with E-state index in [1.165, 1.54) is 24.1 Å². The van der Waals surface area contributed by atoms with Gasteiger partial charge in [-0.05, 0) is 31.0 Å². The van der Waals surface area contributed by atoms with Crippen LogP contribution in [0, 0.1) is 5.92 Å². The van der Waals surface area contributed by atoms with Crippen molar-refractivity contribution in [3.63, 3.8) is 0 Å². The van der Waals surface area contributed by atoms with Crippen LogP contribution in [0.2, 0.25) is 5.02 Å². The van der Waals surface area contributed by atoms with Gasteiger partial charge in [-0.25, -0.2) is 13.1 Å². The van der Waals surface area contributed by atoms with E-state index in [0.29, 0.717) is 6.54 Å². The number of methoxy groups -OCH3 is 1. The third kappa shape index (κ3) is 5.01. The molecule has 2 unspecified atom stereocenters. The second-order valence-corrected chi connectivity index (χ2v) is 8.50. The SMILES string of the molecule is COc1c(C(=O)N(C)C)cc(Cl)cc1S(=O)(=O)NC1CNCCC1C.Cl. The summed E-state index contributed by atoms with van der Waals surface area (Å²) < 4.78 is 33.8. The summed E-state index contributed by atoms with van der Waals surface area (Å²) in [6.07, 6.45) is 0.879. The molecule has 1 fully saturated rings. The maximum atomic E-state index is 12.9. The molecule has 2 rings (SSSR count). The molecule has 0 bridgehead atoms. The van der Waals surface area contributed by atoms with E-state index < -0.39 is 10.0 Å². The highest BCUT2D eigenvalue weighted by molar-refractivity contribution is 7.89. The molecule has 1 aromatic carbocycles. The standard InChI is InChI=1S/C16H24ClN3O4S.ClH/c1-10-5-6-18-9-13(10)19-25(22,23)14-8-11(17)7-12(15(14)24-4)16(21)20(2)3;/h7-8,10,13,18-19H,5-6,9H2,1-4H3;1H. The van der Waals surface area contributed by atoms with Crippen LogP contribution < -0.4 is 14.8 Å². The lowest BCUT2D eigenvalue weighted by Gasteiger charge is -2.30. The highest BCUT2D eigenvalue weighted by atomic mass is 35.5. The van der Waals surface area contributed by atoms with Crippen molar-refractivity contribution in [3.05, 3.63) is 22.7 Å². The van der Waals surface area contributed by atoms with Gasteiger partial charge in [0.25, 0.3) is 5.91 Å². The molecular formula is C16H25Cl2N3O4S. The summed E-state index contributed by atoms with van der Waals surface area (Å²) in [4.78, 5) is 13.6. The first-order valence-corrected chi connectivity index (χ1v) is 9.85. The maximum Gasteiger partial charge on any atom is 0.257 e. The minimum absolute atomic E-state index is 0. The Morgan fingerprint density at radius 2 is 2.04 bits per heavy atom. The normalized spacial score (nSPS) is 20.2. The molecule has 148 valence electrons. The lowest BCUT2D eigenvalue weighted by molar-refractivity contribution is 0.0824. The number of rotatable bonds is 5. The summed E-state index contributed by atoms with van der Waals surface area (Å²) in [5, 5.41) is 3.33. The second kappa shape index (κ2) is 9.23. The summed E-state index contributed by atoms with van der Waals surface area (Å²) in [5.74, 6) is -0.195. The summed E-state index contributed by atoms with van der Waals surface area (Å²) in [7, 11) is 0.571. The Morgan fingerprint density at radius 1 is 1.38 bits per heavy atom. The fourth-order valence-corrected chi connectivity index (χ4v) is 4.63. The monoisotopic (exact) mass is 425 g/mol. The van der Waals surface area contributed by atoms with E-state index in [9.17, 15) is 13.2 Å². The van der Waals surface area contributed by atoms with Gasteiger partial charge in [0.1, 0.15) is 4.90 Å². The average molecular weight is 426 g/mol. The van der Waals surface area contributed by atoms with E-state index in [1.54, 1.807) is 14.1 Å². The molecule has 2 atom stereocenters. The highest BCUT2D eigenvalue weighted by Crippen LogP contribution is 2.33. The lowest BCUT2D eigenvalue weighted by atomic mass is 9.96. The molecule has 0 radical (unpaired) electrons. The van der Waals surface area contributed by atoms with Gasteiger partial charge in [0.15, 0.2) is 5.75 Å². The van der Waals surface area contributed by atoms with Gasteiger partial charge in [0, 0.05) is 31.7 Å². The van der Waals surface area contributed by atoms with Gasteiger partial charge in [-0.3, -0.25) is 4.79 Å². The Hall–Kier alpha value is -1.06. The van der Waals surface area contributed by atoms with Crippen molar-refractivity contribution in [1.82, 2.24) is 14.9 Å². The molecule has 1 aromatic rings. The van der Waals surface area contributed by atoms with Crippen LogP contribution in [0.5, 0.6) is 5.75 Å². The molecule has 0 aromatic heterocycles. The number of carbonyl (C=O) groups excluding carboxylic acids is 1. The van der Waals surface area contributed by atoms with Crippen LogP contribution in [0.3, 0.4) is 0 Å². The summed E-state index contributed by atoms with van der Waals surface area (Å²) >= 11 is 6.07. The van der Waals surface area contributed by atoms with Gasteiger partial charge in [0.2, 0.25) is 10.0 Å². The fraction of sp³-hybridized carbons (Fsp3) is 0.562. The number of hydrogen-bond donors (Lipinski definition) is 2. The number of nitrogens with zero attached hydrogens (tertiary/aromatic N) is 1. The third-order valence-corrected chi connectivity index (χ3v) is 6.00. The number of carbonyl (C=O) groups is 1. The fourth-order valence-electron chi connectivity index (χ4n) is 2.79. The van der Waals surface area contributed by atoms with Crippen LogP contribution in [0.15, 0.2) is 17.0 Å². The molecule has 0 aliphatic carbocycles. The zero-order chi connectivity index (χ0) is 18.8. The molecule has 7 nitrogen and oxygen atoms in total. The van der Waals surface area contributed by atoms with Crippen molar-refractivity contribution in [1.29, 1.82) is 0 Å². The van der Waals surface area contributed by atoms with Crippen molar-refractivity contribution in [2.75, 3.05) is 34.3 Å². The molecule has 0 spiro atoms. The van der Waals surface area contributed by atoms with Gasteiger partial charge in [0.05, 0.1) is 12.7 Å². The molecule has 1 heterocycles. The third-order valence-electron chi connectivity index (χ3n) is 4.28. The van der Waals surface area contributed by atoms with Crippen LogP contribution in [-0.4, -0.2) is 59.6 Å². The molecule has 1 amide bonds. The van der Waals surface area contributed by atoms with Gasteiger partial charge >= 0.3 is 0 Å². The van der Waals surface area contributed by atoms with Crippen molar-refractivity contribution >= 4 is 39.9 Å². The van der Waals surface area contributed by atoms with E-state index in [4.69, 9.17) is 16.3 Å². The minimum Gasteiger partial charge on any atom is -0.494 e. The van der Waals surface area contributed by atoms with Crippen LogP contribution >= 0.6 is 24.0 Å². The summed E-state index contributed by atoms with van der Waals surface area (Å²) in [6, 6.07) is 2.47. The molecule has 1 saturated heterocycles. The van der Waals surface area contributed by atoms with Crippen molar-refractivity contribution in [2.45, 2.75) is 24.3 Å². The lowest BCUT2D eigenvalue weighted by Crippen LogP contribution is -2.50. The highest BCUT2D eigenvalue weighted by Gasteiger charge is 2.31. The van der Waals surface area contributed by atoms with Crippen LogP contribution in [0.25, 0.3) is 0 Å². The predicted octanol–water partition coefficient (Wildman–Crippen LogP) is 1.75. The Balaban J connectivity index is 0.00000338. The predicted molar refractivity (Wildman–Crippen MR) is 104 cm³/mol. The van der Waals surface area contributed by atoms with Crippen molar-refractivity contribution < 1.29 is 17.9 Å². The van der Waals surface area contributed by atoms with Crippen LogP contribution in [-0.2, 0) is 10.0 Å². The average Bonchev–Trinajstić information content (AvgIpc) is 2.55. The van der Waals surface area contributed by atoms with Crippen LogP contribution in [0.1, 0.15) is 23.7 Å². The second-order valence-electron chi connectivity index (χ2n) is 6.38. The van der Waals surface area contributed by atoms with E-state index in [-0.39, 0.29) is 51.5 Å². The number of ether oxygens (including phenoxy) is 1. The molecule has 10 heteroatoms. The van der Waals surface area contributed by atoms with E-state index >= 15 is 0 Å². The summed E-state index contributed by atoms with van der Waals surface area (Å²) in [5.41, 5.74) is 0.107. The number of piperidine rings is 1. The number of amides is 1. The van der Waals surface area contributed by atoms with E-state index in [2.05, 4.69) is 10.0 Å². The van der Waals surface area contributed by atoms with Gasteiger partial charge in [-0.15, -0.1) is 12.4 Å². The first-order valence-electron chi connectivity index (χ1n) is 7.99. The number of nitrogens with one attached hydrogen (secondary N) is 2. The first kappa shape index (κ1) is 23.0. The molecular weight excluding hydrogens is 401 g/mol. The molecule has 26 heavy (non-hydrogen) atoms. The minimum atomic E-state index is -3.91. The maximum absolute atomic E-state index is 12.9. The van der Waals surface area contributed by atoms with Gasteiger partial charge in [-0.2, -0.15) is 0 Å². The number of sulfonamides is 1. The smallest absolute Gasteiger partial charge is 0.257 e. The Bertz CT molecular complexity index is 756. The molecule has 2 N–H and O–H groups in total. The molecule has 1 aliphatic heterocycles. The Labute approximate surface area is 165 Å². The topological polar surface area (TPSA) is 87.7 Å². The zero-order valence-electron chi connectivity index (χ0n) is 15.2. The number of benzene rings is 1. The largest absolute Gasteiger partial charge is 0.494 e. The Morgan fingerprint density at radius 3 is 2.58 bits per heavy atom. The van der Waals surface area contributed by atoms with Crippen molar-refractivity contribution in [3.8, 4) is 5.75 Å². The number of halogens is 2. The van der Waals surface area contributed by atoms with Crippen LogP contribution in [0.4, 0.5) is 0 Å². The Kier molecular flexibility index (Phi) is 8.16. The zero-order valence-corrected chi connectivity index (χ0v) is 17.6. The first-order chi connectivity index (χ1) is 11.7. The van der Waals surface area contributed by atoms with E-state index in [1.807, 2.05) is 6.92 Å². The molecule has 1 aliphatic rings. The quantitative estimate of drug-likeness (QED) is 0.749. The summed E-state index contributed by atoms with van der Waals surface area (Å²) in [6.45, 7) is 3.42. The number of hydrogen-bond acceptors (Lipinski definition) is 5. The molecule has 0 saturated carbocycles. The van der Waals surface area contributed by atoms with Crippen molar-refractivity contribution in [2.24, 2.45) is 5.92 Å². The van der Waals surface area contributed by atoms with Gasteiger partial charge < -0.3 is 15.0 Å². The van der Waals surface area contributed by atoms with Gasteiger partial charge in [-0.1, -0.05) is 18.5 Å².